The minimum atomic E-state index is -0.857. The SMILES string of the molecule is NCCC(F)Cc1ccccn1. The zero-order valence-electron chi connectivity index (χ0n) is 6.91. The van der Waals surface area contributed by atoms with E-state index in [0.29, 0.717) is 19.4 Å². The Morgan fingerprint density at radius 1 is 1.50 bits per heavy atom. The van der Waals surface area contributed by atoms with Crippen molar-refractivity contribution in [3.63, 3.8) is 0 Å². The number of hydrogen-bond donors (Lipinski definition) is 1. The number of hydrogen-bond acceptors (Lipinski definition) is 2. The predicted octanol–water partition coefficient (Wildman–Crippen LogP) is 1.31. The van der Waals surface area contributed by atoms with Crippen molar-refractivity contribution >= 4 is 0 Å². The first-order valence-corrected chi connectivity index (χ1v) is 4.07. The summed E-state index contributed by atoms with van der Waals surface area (Å²) >= 11 is 0. The van der Waals surface area contributed by atoms with E-state index < -0.39 is 6.17 Å². The molecule has 1 aromatic heterocycles. The van der Waals surface area contributed by atoms with Gasteiger partial charge in [0.25, 0.3) is 0 Å². The van der Waals surface area contributed by atoms with Gasteiger partial charge in [-0.15, -0.1) is 0 Å². The maximum Gasteiger partial charge on any atom is 0.107 e. The second-order valence-corrected chi connectivity index (χ2v) is 2.70. The molecule has 0 bridgehead atoms. The van der Waals surface area contributed by atoms with Gasteiger partial charge in [0.15, 0.2) is 0 Å². The highest BCUT2D eigenvalue weighted by molar-refractivity contribution is 5.04. The van der Waals surface area contributed by atoms with Crippen LogP contribution in [0.4, 0.5) is 4.39 Å². The lowest BCUT2D eigenvalue weighted by Crippen LogP contribution is -2.12. The first kappa shape index (κ1) is 9.13. The molecule has 1 atom stereocenters. The number of nitrogens with zero attached hydrogens (tertiary/aromatic N) is 1. The first-order valence-electron chi connectivity index (χ1n) is 4.07. The van der Waals surface area contributed by atoms with Crippen molar-refractivity contribution in [2.45, 2.75) is 19.0 Å². The van der Waals surface area contributed by atoms with Crippen molar-refractivity contribution in [3.8, 4) is 0 Å². The third-order valence-electron chi connectivity index (χ3n) is 1.64. The van der Waals surface area contributed by atoms with Crippen LogP contribution in [-0.4, -0.2) is 17.7 Å². The van der Waals surface area contributed by atoms with E-state index in [-0.39, 0.29) is 0 Å². The fourth-order valence-electron chi connectivity index (χ4n) is 1.03. The maximum absolute atomic E-state index is 13.0. The summed E-state index contributed by atoms with van der Waals surface area (Å²) in [5, 5.41) is 0. The quantitative estimate of drug-likeness (QED) is 0.736. The van der Waals surface area contributed by atoms with Crippen molar-refractivity contribution in [2.75, 3.05) is 6.54 Å². The van der Waals surface area contributed by atoms with E-state index >= 15 is 0 Å². The van der Waals surface area contributed by atoms with E-state index in [1.54, 1.807) is 6.20 Å². The highest BCUT2D eigenvalue weighted by Gasteiger charge is 2.06. The molecule has 0 aliphatic heterocycles. The minimum Gasteiger partial charge on any atom is -0.330 e. The van der Waals surface area contributed by atoms with E-state index in [9.17, 15) is 4.39 Å². The summed E-state index contributed by atoms with van der Waals surface area (Å²) in [6, 6.07) is 5.50. The van der Waals surface area contributed by atoms with Gasteiger partial charge in [-0.2, -0.15) is 0 Å². The van der Waals surface area contributed by atoms with Gasteiger partial charge in [-0.1, -0.05) is 6.07 Å². The van der Waals surface area contributed by atoms with E-state index in [1.807, 2.05) is 18.2 Å². The number of rotatable bonds is 4. The molecule has 0 fully saturated rings. The number of aromatic nitrogens is 1. The molecule has 0 aromatic carbocycles. The Bertz CT molecular complexity index is 213. The summed E-state index contributed by atoms with van der Waals surface area (Å²) in [5.41, 5.74) is 6.01. The predicted molar refractivity (Wildman–Crippen MR) is 46.5 cm³/mol. The van der Waals surface area contributed by atoms with E-state index in [4.69, 9.17) is 5.73 Å². The minimum absolute atomic E-state index is 0.373. The topological polar surface area (TPSA) is 38.9 Å². The summed E-state index contributed by atoms with van der Waals surface area (Å²) in [4.78, 5) is 4.02. The van der Waals surface area contributed by atoms with Gasteiger partial charge in [-0.25, -0.2) is 4.39 Å². The molecular weight excluding hydrogens is 155 g/mol. The molecule has 0 amide bonds. The summed E-state index contributed by atoms with van der Waals surface area (Å²) in [6.07, 6.45) is 1.60. The molecule has 3 heteroatoms. The molecule has 66 valence electrons. The van der Waals surface area contributed by atoms with Crippen LogP contribution in [0.3, 0.4) is 0 Å². The first-order chi connectivity index (χ1) is 5.83. The van der Waals surface area contributed by atoms with Crippen LogP contribution in [0.5, 0.6) is 0 Å². The summed E-state index contributed by atoms with van der Waals surface area (Å²) in [6.45, 7) is 0.397. The van der Waals surface area contributed by atoms with Crippen molar-refractivity contribution in [1.82, 2.24) is 4.98 Å². The average molecular weight is 168 g/mol. The van der Waals surface area contributed by atoms with E-state index in [0.717, 1.165) is 5.69 Å². The maximum atomic E-state index is 13.0. The molecule has 1 unspecified atom stereocenters. The zero-order chi connectivity index (χ0) is 8.81. The Hall–Kier alpha value is -0.960. The molecular formula is C9H13FN2. The zero-order valence-corrected chi connectivity index (χ0v) is 6.91. The molecule has 0 saturated carbocycles. The lowest BCUT2D eigenvalue weighted by atomic mass is 10.1. The van der Waals surface area contributed by atoms with Crippen LogP contribution in [-0.2, 0) is 6.42 Å². The summed E-state index contributed by atoms with van der Waals surface area (Å²) in [7, 11) is 0. The fourth-order valence-corrected chi connectivity index (χ4v) is 1.03. The van der Waals surface area contributed by atoms with Crippen molar-refractivity contribution in [3.05, 3.63) is 30.1 Å². The van der Waals surface area contributed by atoms with Crippen LogP contribution >= 0.6 is 0 Å². The summed E-state index contributed by atoms with van der Waals surface area (Å²) in [5.74, 6) is 0. The van der Waals surface area contributed by atoms with Gasteiger partial charge in [0, 0.05) is 18.3 Å². The highest BCUT2D eigenvalue weighted by Crippen LogP contribution is 2.05. The van der Waals surface area contributed by atoms with Crippen LogP contribution in [0.15, 0.2) is 24.4 Å². The molecule has 0 spiro atoms. The third kappa shape index (κ3) is 2.96. The van der Waals surface area contributed by atoms with Crippen LogP contribution in [0.25, 0.3) is 0 Å². The Labute approximate surface area is 71.6 Å². The Morgan fingerprint density at radius 2 is 2.33 bits per heavy atom. The number of pyridine rings is 1. The van der Waals surface area contributed by atoms with Gasteiger partial charge in [-0.05, 0) is 25.1 Å². The molecule has 1 rings (SSSR count). The fraction of sp³-hybridized carbons (Fsp3) is 0.444. The largest absolute Gasteiger partial charge is 0.330 e. The lowest BCUT2D eigenvalue weighted by Gasteiger charge is -2.04. The number of alkyl halides is 1. The Morgan fingerprint density at radius 3 is 2.92 bits per heavy atom. The second-order valence-electron chi connectivity index (χ2n) is 2.70. The molecule has 2 N–H and O–H groups in total. The molecule has 12 heavy (non-hydrogen) atoms. The van der Waals surface area contributed by atoms with Crippen LogP contribution in [0.2, 0.25) is 0 Å². The number of halogens is 1. The third-order valence-corrected chi connectivity index (χ3v) is 1.64. The molecule has 1 aromatic rings. The molecule has 0 aliphatic rings. The van der Waals surface area contributed by atoms with E-state index in [1.165, 1.54) is 0 Å². The van der Waals surface area contributed by atoms with Gasteiger partial charge in [0.05, 0.1) is 0 Å². The smallest absolute Gasteiger partial charge is 0.107 e. The van der Waals surface area contributed by atoms with Gasteiger partial charge in [0.2, 0.25) is 0 Å². The molecule has 0 saturated heterocycles. The standard InChI is InChI=1S/C9H13FN2/c10-8(4-5-11)7-9-3-1-2-6-12-9/h1-3,6,8H,4-5,7,11H2. The molecule has 1 heterocycles. The number of nitrogens with two attached hydrogens (primary N) is 1. The van der Waals surface area contributed by atoms with Gasteiger partial charge < -0.3 is 5.73 Å². The molecule has 2 nitrogen and oxygen atoms in total. The van der Waals surface area contributed by atoms with Crippen molar-refractivity contribution in [1.29, 1.82) is 0 Å². The Balaban J connectivity index is 2.41. The molecule has 0 aliphatic carbocycles. The molecule has 0 radical (unpaired) electrons. The monoisotopic (exact) mass is 168 g/mol. The lowest BCUT2D eigenvalue weighted by molar-refractivity contribution is 0.314. The van der Waals surface area contributed by atoms with Crippen LogP contribution < -0.4 is 5.73 Å². The van der Waals surface area contributed by atoms with Crippen LogP contribution in [0.1, 0.15) is 12.1 Å². The van der Waals surface area contributed by atoms with Crippen molar-refractivity contribution in [2.24, 2.45) is 5.73 Å². The second kappa shape index (κ2) is 4.83. The normalized spacial score (nSPS) is 12.8. The van der Waals surface area contributed by atoms with E-state index in [2.05, 4.69) is 4.98 Å². The van der Waals surface area contributed by atoms with Crippen molar-refractivity contribution < 1.29 is 4.39 Å². The highest BCUT2D eigenvalue weighted by atomic mass is 19.1. The Kier molecular flexibility index (Phi) is 3.67. The van der Waals surface area contributed by atoms with Gasteiger partial charge in [0.1, 0.15) is 6.17 Å². The van der Waals surface area contributed by atoms with Crippen LogP contribution in [0, 0.1) is 0 Å². The van der Waals surface area contributed by atoms with Gasteiger partial charge >= 0.3 is 0 Å². The average Bonchev–Trinajstić information content (AvgIpc) is 2.06. The summed E-state index contributed by atoms with van der Waals surface area (Å²) < 4.78 is 13.0. The van der Waals surface area contributed by atoms with Gasteiger partial charge in [-0.3, -0.25) is 4.98 Å².